The van der Waals surface area contributed by atoms with Crippen LogP contribution >= 0.6 is 11.8 Å². The highest BCUT2D eigenvalue weighted by Gasteiger charge is 2.24. The predicted molar refractivity (Wildman–Crippen MR) is 101 cm³/mol. The maximum Gasteiger partial charge on any atom is 0.234 e. The summed E-state index contributed by atoms with van der Waals surface area (Å²) in [7, 11) is 0. The maximum absolute atomic E-state index is 12.3. The summed E-state index contributed by atoms with van der Waals surface area (Å²) in [6.45, 7) is 4.23. The van der Waals surface area contributed by atoms with Crippen LogP contribution in [0.25, 0.3) is 0 Å². The van der Waals surface area contributed by atoms with Crippen LogP contribution in [0.1, 0.15) is 25.7 Å². The van der Waals surface area contributed by atoms with E-state index in [4.69, 9.17) is 0 Å². The maximum atomic E-state index is 12.3. The van der Waals surface area contributed by atoms with Crippen molar-refractivity contribution in [3.05, 3.63) is 24.4 Å². The average molecular weight is 349 g/mol. The van der Waals surface area contributed by atoms with Gasteiger partial charge in [0.15, 0.2) is 0 Å². The molecule has 0 radical (unpaired) electrons. The molecule has 1 aromatic heterocycles. The molecular formula is C18H28N4OS. The molecule has 0 bridgehead atoms. The van der Waals surface area contributed by atoms with Crippen molar-refractivity contribution >= 4 is 23.5 Å². The number of piperazine rings is 1. The second-order valence-corrected chi connectivity index (χ2v) is 7.88. The average Bonchev–Trinajstić information content (AvgIpc) is 2.63. The predicted octanol–water partition coefficient (Wildman–Crippen LogP) is 1.99. The molecule has 2 atom stereocenters. The molecular weight excluding hydrogens is 320 g/mol. The molecule has 3 rings (SSSR count). The fourth-order valence-electron chi connectivity index (χ4n) is 3.64. The lowest BCUT2D eigenvalue weighted by molar-refractivity contribution is -0.123. The Morgan fingerprint density at radius 1 is 1.29 bits per heavy atom. The third-order valence-corrected chi connectivity index (χ3v) is 6.13. The van der Waals surface area contributed by atoms with Crippen molar-refractivity contribution in [3.8, 4) is 0 Å². The van der Waals surface area contributed by atoms with Crippen molar-refractivity contribution < 1.29 is 4.79 Å². The lowest BCUT2D eigenvalue weighted by Crippen LogP contribution is -2.51. The third kappa shape index (κ3) is 4.86. The van der Waals surface area contributed by atoms with E-state index in [0.717, 1.165) is 44.8 Å². The minimum atomic E-state index is 0.188. The van der Waals surface area contributed by atoms with Crippen LogP contribution in [0.5, 0.6) is 0 Å². The monoisotopic (exact) mass is 348 g/mol. The molecule has 132 valence electrons. The minimum Gasteiger partial charge on any atom is -0.354 e. The number of anilines is 1. The van der Waals surface area contributed by atoms with Gasteiger partial charge in [-0.3, -0.25) is 9.69 Å². The Kier molecular flexibility index (Phi) is 6.37. The molecule has 5 nitrogen and oxygen atoms in total. The lowest BCUT2D eigenvalue weighted by Gasteiger charge is -2.35. The Morgan fingerprint density at radius 3 is 2.83 bits per heavy atom. The Hall–Kier alpha value is -1.27. The molecule has 0 unspecified atom stereocenters. The van der Waals surface area contributed by atoms with Crippen LogP contribution in [0, 0.1) is 0 Å². The highest BCUT2D eigenvalue weighted by Crippen LogP contribution is 2.26. The van der Waals surface area contributed by atoms with E-state index in [9.17, 15) is 4.79 Å². The summed E-state index contributed by atoms with van der Waals surface area (Å²) >= 11 is 1.94. The molecule has 1 amide bonds. The molecule has 0 aromatic carbocycles. The highest BCUT2D eigenvalue weighted by atomic mass is 32.2. The van der Waals surface area contributed by atoms with Crippen LogP contribution < -0.4 is 10.2 Å². The Labute approximate surface area is 149 Å². The molecule has 1 saturated carbocycles. The number of nitrogens with zero attached hydrogens (tertiary/aromatic N) is 3. The minimum absolute atomic E-state index is 0.188. The van der Waals surface area contributed by atoms with Crippen LogP contribution in [0.15, 0.2) is 24.4 Å². The fraction of sp³-hybridized carbons (Fsp3) is 0.667. The number of hydrogen-bond acceptors (Lipinski definition) is 5. The molecule has 1 aliphatic carbocycles. The molecule has 1 aromatic rings. The molecule has 1 saturated heterocycles. The Balaban J connectivity index is 1.40. The summed E-state index contributed by atoms with van der Waals surface area (Å²) in [6, 6.07) is 6.39. The van der Waals surface area contributed by atoms with Crippen molar-refractivity contribution in [2.45, 2.75) is 37.0 Å². The van der Waals surface area contributed by atoms with E-state index in [0.29, 0.717) is 17.8 Å². The molecule has 2 heterocycles. The van der Waals surface area contributed by atoms with Gasteiger partial charge in [0.2, 0.25) is 5.91 Å². The van der Waals surface area contributed by atoms with Crippen molar-refractivity contribution in [3.63, 3.8) is 0 Å². The van der Waals surface area contributed by atoms with Crippen LogP contribution in [-0.4, -0.2) is 66.1 Å². The van der Waals surface area contributed by atoms with Gasteiger partial charge in [-0.2, -0.15) is 11.8 Å². The second kappa shape index (κ2) is 8.72. The third-order valence-electron chi connectivity index (χ3n) is 5.04. The number of amides is 1. The summed E-state index contributed by atoms with van der Waals surface area (Å²) in [4.78, 5) is 21.3. The van der Waals surface area contributed by atoms with E-state index in [1.165, 1.54) is 12.8 Å². The van der Waals surface area contributed by atoms with Gasteiger partial charge in [-0.25, -0.2) is 4.98 Å². The van der Waals surface area contributed by atoms with E-state index >= 15 is 0 Å². The van der Waals surface area contributed by atoms with Gasteiger partial charge in [0.05, 0.1) is 6.54 Å². The topological polar surface area (TPSA) is 48.5 Å². The Bertz CT molecular complexity index is 519. The van der Waals surface area contributed by atoms with E-state index in [-0.39, 0.29) is 5.91 Å². The zero-order valence-electron chi connectivity index (χ0n) is 14.5. The molecule has 2 aliphatic rings. The van der Waals surface area contributed by atoms with Crippen molar-refractivity contribution in [1.29, 1.82) is 0 Å². The first-order valence-electron chi connectivity index (χ1n) is 8.95. The number of rotatable bonds is 5. The van der Waals surface area contributed by atoms with Gasteiger partial charge < -0.3 is 10.2 Å². The first kappa shape index (κ1) is 17.5. The SMILES string of the molecule is CS[C@@H]1CCC[C@@H](NC(=O)CN2CCN(c3ccccn3)CC2)C1. The summed E-state index contributed by atoms with van der Waals surface area (Å²) in [5.41, 5.74) is 0. The molecule has 24 heavy (non-hydrogen) atoms. The van der Waals surface area contributed by atoms with Gasteiger partial charge in [-0.05, 0) is 37.7 Å². The lowest BCUT2D eigenvalue weighted by atomic mass is 9.95. The van der Waals surface area contributed by atoms with Gasteiger partial charge in [0.1, 0.15) is 5.82 Å². The van der Waals surface area contributed by atoms with E-state index < -0.39 is 0 Å². The fourth-order valence-corrected chi connectivity index (χ4v) is 4.47. The molecule has 6 heteroatoms. The smallest absolute Gasteiger partial charge is 0.234 e. The van der Waals surface area contributed by atoms with E-state index in [1.54, 1.807) is 0 Å². The highest BCUT2D eigenvalue weighted by molar-refractivity contribution is 7.99. The van der Waals surface area contributed by atoms with Crippen LogP contribution in [-0.2, 0) is 4.79 Å². The van der Waals surface area contributed by atoms with Gasteiger partial charge in [0.25, 0.3) is 0 Å². The summed E-state index contributed by atoms with van der Waals surface area (Å²) in [5, 5.41) is 3.97. The van der Waals surface area contributed by atoms with Crippen molar-refractivity contribution in [2.24, 2.45) is 0 Å². The van der Waals surface area contributed by atoms with Crippen LogP contribution in [0.4, 0.5) is 5.82 Å². The summed E-state index contributed by atoms with van der Waals surface area (Å²) in [6.07, 6.45) is 8.80. The van der Waals surface area contributed by atoms with Crippen molar-refractivity contribution in [2.75, 3.05) is 43.9 Å². The number of aromatic nitrogens is 1. The first-order valence-corrected chi connectivity index (χ1v) is 10.2. The number of carbonyl (C=O) groups excluding carboxylic acids is 1. The Morgan fingerprint density at radius 2 is 2.12 bits per heavy atom. The molecule has 0 spiro atoms. The van der Waals surface area contributed by atoms with Crippen LogP contribution in [0.3, 0.4) is 0 Å². The quantitative estimate of drug-likeness (QED) is 0.882. The van der Waals surface area contributed by atoms with Gasteiger partial charge in [-0.1, -0.05) is 12.5 Å². The molecule has 2 fully saturated rings. The van der Waals surface area contributed by atoms with Crippen LogP contribution in [0.2, 0.25) is 0 Å². The number of thioether (sulfide) groups is 1. The normalized spacial score (nSPS) is 25.5. The molecule has 1 aliphatic heterocycles. The first-order chi connectivity index (χ1) is 11.7. The standard InChI is InChI=1S/C18H28N4OS/c1-24-16-6-4-5-15(13-16)20-18(23)14-21-9-11-22(12-10-21)17-7-2-3-8-19-17/h2-3,7-8,15-16H,4-6,9-14H2,1H3,(H,20,23)/t15-,16-/m1/s1. The second-order valence-electron chi connectivity index (χ2n) is 6.74. The zero-order chi connectivity index (χ0) is 16.8. The van der Waals surface area contributed by atoms with Gasteiger partial charge in [0, 0.05) is 43.7 Å². The molecule has 1 N–H and O–H groups in total. The number of carbonyl (C=O) groups is 1. The van der Waals surface area contributed by atoms with Crippen molar-refractivity contribution in [1.82, 2.24) is 15.2 Å². The largest absolute Gasteiger partial charge is 0.354 e. The summed E-state index contributed by atoms with van der Waals surface area (Å²) < 4.78 is 0. The van der Waals surface area contributed by atoms with E-state index in [1.807, 2.05) is 36.2 Å². The van der Waals surface area contributed by atoms with Gasteiger partial charge in [-0.15, -0.1) is 0 Å². The zero-order valence-corrected chi connectivity index (χ0v) is 15.3. The van der Waals surface area contributed by atoms with Gasteiger partial charge >= 0.3 is 0 Å². The number of pyridine rings is 1. The summed E-state index contributed by atoms with van der Waals surface area (Å²) in [5.74, 6) is 1.22. The number of nitrogens with one attached hydrogen (secondary N) is 1. The van der Waals surface area contributed by atoms with E-state index in [2.05, 4.69) is 26.4 Å². The number of hydrogen-bond donors (Lipinski definition) is 1.